The minimum atomic E-state index is -0.0689. The van der Waals surface area contributed by atoms with Crippen LogP contribution in [0.3, 0.4) is 0 Å². The van der Waals surface area contributed by atoms with Gasteiger partial charge in [-0.15, -0.1) is 0 Å². The first kappa shape index (κ1) is 19.3. The molecular formula is C23H26N2O4. The zero-order valence-electron chi connectivity index (χ0n) is 16.9. The summed E-state index contributed by atoms with van der Waals surface area (Å²) in [5.74, 6) is 2.72. The fraction of sp³-hybridized carbons (Fsp3) is 0.348. The third kappa shape index (κ3) is 4.71. The molecule has 3 heterocycles. The molecule has 0 atom stereocenters. The fourth-order valence-corrected chi connectivity index (χ4v) is 3.47. The number of benzene rings is 1. The van der Waals surface area contributed by atoms with E-state index in [0.717, 1.165) is 42.3 Å². The predicted octanol–water partition coefficient (Wildman–Crippen LogP) is 4.03. The Kier molecular flexibility index (Phi) is 5.71. The number of amides is 1. The number of ether oxygens (including phenoxy) is 1. The van der Waals surface area contributed by atoms with Crippen molar-refractivity contribution in [3.63, 3.8) is 0 Å². The van der Waals surface area contributed by atoms with Gasteiger partial charge in [-0.3, -0.25) is 9.69 Å². The van der Waals surface area contributed by atoms with Gasteiger partial charge in [0.15, 0.2) is 5.76 Å². The number of rotatable bonds is 6. The van der Waals surface area contributed by atoms with Crippen LogP contribution in [0, 0.1) is 13.8 Å². The van der Waals surface area contributed by atoms with E-state index in [9.17, 15) is 4.79 Å². The molecule has 2 aromatic heterocycles. The van der Waals surface area contributed by atoms with Gasteiger partial charge in [-0.25, -0.2) is 0 Å². The second-order valence-electron chi connectivity index (χ2n) is 7.47. The first-order valence-corrected chi connectivity index (χ1v) is 9.91. The molecule has 3 aromatic rings. The van der Waals surface area contributed by atoms with Gasteiger partial charge in [0.25, 0.3) is 5.91 Å². The predicted molar refractivity (Wildman–Crippen MR) is 109 cm³/mol. The summed E-state index contributed by atoms with van der Waals surface area (Å²) in [5, 5.41) is 0. The summed E-state index contributed by atoms with van der Waals surface area (Å²) in [6, 6.07) is 13.5. The molecule has 0 bridgehead atoms. The van der Waals surface area contributed by atoms with E-state index in [-0.39, 0.29) is 5.91 Å². The summed E-state index contributed by atoms with van der Waals surface area (Å²) in [7, 11) is 0. The Balaban J connectivity index is 1.30. The second kappa shape index (κ2) is 8.57. The molecule has 0 radical (unpaired) electrons. The third-order valence-electron chi connectivity index (χ3n) is 5.21. The van der Waals surface area contributed by atoms with E-state index >= 15 is 0 Å². The molecular weight excluding hydrogens is 368 g/mol. The van der Waals surface area contributed by atoms with Gasteiger partial charge in [0.2, 0.25) is 0 Å². The highest BCUT2D eigenvalue weighted by atomic mass is 16.5. The van der Waals surface area contributed by atoms with Crippen molar-refractivity contribution in [1.82, 2.24) is 9.80 Å². The average Bonchev–Trinajstić information content (AvgIpc) is 3.41. The van der Waals surface area contributed by atoms with Crippen LogP contribution in [0.15, 0.2) is 57.6 Å². The highest BCUT2D eigenvalue weighted by Gasteiger charge is 2.24. The quantitative estimate of drug-likeness (QED) is 0.632. The van der Waals surface area contributed by atoms with Crippen LogP contribution in [0.5, 0.6) is 5.75 Å². The van der Waals surface area contributed by atoms with Gasteiger partial charge in [-0.05, 0) is 55.3 Å². The van der Waals surface area contributed by atoms with E-state index in [1.54, 1.807) is 12.3 Å². The molecule has 0 saturated carbocycles. The Hall–Kier alpha value is -2.99. The van der Waals surface area contributed by atoms with Gasteiger partial charge in [0, 0.05) is 26.2 Å². The van der Waals surface area contributed by atoms with Gasteiger partial charge < -0.3 is 18.5 Å². The molecule has 0 unspecified atom stereocenters. The summed E-state index contributed by atoms with van der Waals surface area (Å²) < 4.78 is 17.0. The van der Waals surface area contributed by atoms with Crippen LogP contribution in [-0.4, -0.2) is 41.9 Å². The largest absolute Gasteiger partial charge is 0.485 e. The molecule has 1 aliphatic heterocycles. The normalized spacial score (nSPS) is 14.9. The first-order valence-electron chi connectivity index (χ1n) is 9.91. The number of hydrogen-bond acceptors (Lipinski definition) is 5. The number of furan rings is 2. The van der Waals surface area contributed by atoms with Gasteiger partial charge in [-0.2, -0.15) is 0 Å². The lowest BCUT2D eigenvalue weighted by Gasteiger charge is -2.33. The Labute approximate surface area is 170 Å². The van der Waals surface area contributed by atoms with E-state index < -0.39 is 0 Å². The zero-order valence-corrected chi connectivity index (χ0v) is 16.9. The van der Waals surface area contributed by atoms with Crippen LogP contribution >= 0.6 is 0 Å². The van der Waals surface area contributed by atoms with Crippen molar-refractivity contribution < 1.29 is 18.4 Å². The van der Waals surface area contributed by atoms with Gasteiger partial charge in [0.05, 0.1) is 12.8 Å². The van der Waals surface area contributed by atoms with Crippen LogP contribution < -0.4 is 4.74 Å². The molecule has 0 N–H and O–H groups in total. The Morgan fingerprint density at radius 3 is 2.62 bits per heavy atom. The van der Waals surface area contributed by atoms with Crippen molar-refractivity contribution in [1.29, 1.82) is 0 Å². The molecule has 6 nitrogen and oxygen atoms in total. The molecule has 1 amide bonds. The van der Waals surface area contributed by atoms with Crippen LogP contribution in [0.25, 0.3) is 0 Å². The minimum absolute atomic E-state index is 0.0689. The summed E-state index contributed by atoms with van der Waals surface area (Å²) in [6.07, 6.45) is 1.69. The van der Waals surface area contributed by atoms with Gasteiger partial charge in [-0.1, -0.05) is 12.1 Å². The van der Waals surface area contributed by atoms with E-state index in [4.69, 9.17) is 13.6 Å². The van der Waals surface area contributed by atoms with Crippen molar-refractivity contribution in [2.75, 3.05) is 26.2 Å². The van der Waals surface area contributed by atoms with Crippen molar-refractivity contribution in [2.24, 2.45) is 0 Å². The SMILES string of the molecule is Cc1ccc(C)c(OCc2ccc(C(=O)N3CCN(Cc4ccco4)CC3)o2)c1. The number of carbonyl (C=O) groups is 1. The summed E-state index contributed by atoms with van der Waals surface area (Å²) in [4.78, 5) is 16.9. The maximum atomic E-state index is 12.8. The number of nitrogens with zero attached hydrogens (tertiary/aromatic N) is 2. The Morgan fingerprint density at radius 1 is 1.03 bits per heavy atom. The van der Waals surface area contributed by atoms with Crippen LogP contribution in [0.4, 0.5) is 0 Å². The number of aryl methyl sites for hydroxylation is 2. The van der Waals surface area contributed by atoms with Crippen molar-refractivity contribution in [3.8, 4) is 5.75 Å². The van der Waals surface area contributed by atoms with Crippen LogP contribution in [-0.2, 0) is 13.2 Å². The van der Waals surface area contributed by atoms with Crippen molar-refractivity contribution in [2.45, 2.75) is 27.0 Å². The number of hydrogen-bond donors (Lipinski definition) is 0. The lowest BCUT2D eigenvalue weighted by Crippen LogP contribution is -2.48. The smallest absolute Gasteiger partial charge is 0.289 e. The number of piperazine rings is 1. The minimum Gasteiger partial charge on any atom is -0.485 e. The first-order chi connectivity index (χ1) is 14.1. The van der Waals surface area contributed by atoms with Crippen molar-refractivity contribution >= 4 is 5.91 Å². The molecule has 1 saturated heterocycles. The summed E-state index contributed by atoms with van der Waals surface area (Å²) in [6.45, 7) is 8.10. The lowest BCUT2D eigenvalue weighted by atomic mass is 10.1. The van der Waals surface area contributed by atoms with E-state index in [1.165, 1.54) is 0 Å². The molecule has 1 aliphatic rings. The zero-order chi connectivity index (χ0) is 20.2. The molecule has 0 spiro atoms. The highest BCUT2D eigenvalue weighted by molar-refractivity contribution is 5.91. The maximum absolute atomic E-state index is 12.8. The van der Waals surface area contributed by atoms with E-state index in [0.29, 0.717) is 31.2 Å². The Morgan fingerprint density at radius 2 is 1.86 bits per heavy atom. The Bertz CT molecular complexity index is 953. The van der Waals surface area contributed by atoms with E-state index in [2.05, 4.69) is 11.0 Å². The van der Waals surface area contributed by atoms with Crippen LogP contribution in [0.1, 0.15) is 33.2 Å². The molecule has 1 fully saturated rings. The van der Waals surface area contributed by atoms with Crippen LogP contribution in [0.2, 0.25) is 0 Å². The summed E-state index contributed by atoms with van der Waals surface area (Å²) in [5.41, 5.74) is 2.22. The molecule has 1 aromatic carbocycles. The fourth-order valence-electron chi connectivity index (χ4n) is 3.47. The molecule has 6 heteroatoms. The molecule has 29 heavy (non-hydrogen) atoms. The van der Waals surface area contributed by atoms with E-state index in [1.807, 2.05) is 49.1 Å². The van der Waals surface area contributed by atoms with Gasteiger partial charge >= 0.3 is 0 Å². The third-order valence-corrected chi connectivity index (χ3v) is 5.21. The monoisotopic (exact) mass is 394 g/mol. The topological polar surface area (TPSA) is 59.1 Å². The maximum Gasteiger partial charge on any atom is 0.289 e. The standard InChI is InChI=1S/C23H26N2O4/c1-17-5-6-18(2)22(14-17)28-16-20-7-8-21(29-20)23(26)25-11-9-24(10-12-25)15-19-4-3-13-27-19/h3-8,13-14H,9-12,15-16H2,1-2H3. The van der Waals surface area contributed by atoms with Gasteiger partial charge in [0.1, 0.15) is 23.9 Å². The number of carbonyl (C=O) groups excluding carboxylic acids is 1. The molecule has 0 aliphatic carbocycles. The molecule has 4 rings (SSSR count). The van der Waals surface area contributed by atoms with Crippen molar-refractivity contribution in [3.05, 3.63) is 77.1 Å². The lowest BCUT2D eigenvalue weighted by molar-refractivity contribution is 0.0586. The second-order valence-corrected chi connectivity index (χ2v) is 7.47. The molecule has 152 valence electrons. The average molecular weight is 394 g/mol. The highest BCUT2D eigenvalue weighted by Crippen LogP contribution is 2.21. The summed E-state index contributed by atoms with van der Waals surface area (Å²) >= 11 is 0.